The second kappa shape index (κ2) is 4.80. The number of fused-ring (bicyclic) bond motifs is 1. The fourth-order valence-electron chi connectivity index (χ4n) is 4.94. The van der Waals surface area contributed by atoms with Crippen LogP contribution in [0.4, 0.5) is 0 Å². The van der Waals surface area contributed by atoms with Gasteiger partial charge in [-0.1, -0.05) is 12.2 Å². The van der Waals surface area contributed by atoms with E-state index in [1.165, 1.54) is 6.42 Å². The fourth-order valence-corrected chi connectivity index (χ4v) is 4.94. The van der Waals surface area contributed by atoms with Crippen LogP contribution < -0.4 is 10.0 Å². The molecule has 4 aliphatic rings. The Morgan fingerprint density at radius 1 is 1.59 bits per heavy atom. The van der Waals surface area contributed by atoms with Gasteiger partial charge in [0.25, 0.3) is 0 Å². The molecule has 1 amide bonds. The molecule has 0 aromatic heterocycles. The van der Waals surface area contributed by atoms with Gasteiger partial charge in [0.2, 0.25) is 5.91 Å². The lowest BCUT2D eigenvalue weighted by atomic mass is 9.77. The third-order valence-electron chi connectivity index (χ3n) is 5.97. The number of ether oxygens (including phenoxy) is 1. The number of nitrogens with zero attached hydrogens (tertiary/aromatic N) is 1. The molecule has 4 heterocycles. The molecular formula is C16H22N2O4. The molecule has 0 radical (unpaired) electrons. The Bertz CT molecular complexity index is 548. The van der Waals surface area contributed by atoms with Gasteiger partial charge in [0, 0.05) is 24.7 Å². The Hall–Kier alpha value is -1.40. The quantitative estimate of drug-likeness (QED) is 0.587. The van der Waals surface area contributed by atoms with Crippen LogP contribution in [0.25, 0.3) is 0 Å². The molecule has 3 saturated heterocycles. The number of hydrogen-bond acceptors (Lipinski definition) is 4. The number of aliphatic carboxylic acids is 1. The van der Waals surface area contributed by atoms with Crippen molar-refractivity contribution in [3.63, 3.8) is 0 Å². The van der Waals surface area contributed by atoms with E-state index >= 15 is 0 Å². The number of hydrogen-bond donors (Lipinski definition) is 1. The summed E-state index contributed by atoms with van der Waals surface area (Å²) in [7, 11) is 0. The molecule has 3 fully saturated rings. The summed E-state index contributed by atoms with van der Waals surface area (Å²) in [6.45, 7) is 5.61. The number of likely N-dealkylation sites (N-methyl/N-ethyl adjacent to an activating group) is 1. The summed E-state index contributed by atoms with van der Waals surface area (Å²) in [6.07, 6.45) is 5.52. The average Bonchev–Trinajstić information content (AvgIpc) is 3.21. The third kappa shape index (κ3) is 1.80. The van der Waals surface area contributed by atoms with Gasteiger partial charge in [-0.25, -0.2) is 0 Å². The number of carboxylic acid groups (broad SMARTS) is 1. The van der Waals surface area contributed by atoms with Gasteiger partial charge < -0.3 is 24.4 Å². The molecule has 4 rings (SSSR count). The number of carboxylic acids is 1. The highest BCUT2D eigenvalue weighted by Crippen LogP contribution is 2.51. The van der Waals surface area contributed by atoms with E-state index in [0.717, 1.165) is 19.5 Å². The first-order valence-electron chi connectivity index (χ1n) is 8.27. The first-order chi connectivity index (χ1) is 10.6. The third-order valence-corrected chi connectivity index (χ3v) is 5.97. The Balaban J connectivity index is 1.55. The Labute approximate surface area is 129 Å². The van der Waals surface area contributed by atoms with Gasteiger partial charge >= 0.3 is 0 Å². The van der Waals surface area contributed by atoms with E-state index in [0.29, 0.717) is 19.1 Å². The van der Waals surface area contributed by atoms with Crippen LogP contribution in [-0.2, 0) is 14.3 Å². The van der Waals surface area contributed by atoms with Gasteiger partial charge in [0.05, 0.1) is 38.2 Å². The van der Waals surface area contributed by atoms with Crippen molar-refractivity contribution < 1.29 is 24.3 Å². The van der Waals surface area contributed by atoms with Crippen LogP contribution in [0.5, 0.6) is 0 Å². The predicted molar refractivity (Wildman–Crippen MR) is 74.7 cm³/mol. The molecule has 1 spiro atoms. The van der Waals surface area contributed by atoms with Crippen molar-refractivity contribution in [1.29, 1.82) is 0 Å². The van der Waals surface area contributed by atoms with E-state index in [4.69, 9.17) is 4.74 Å². The number of nitrogens with one attached hydrogen (secondary N) is 1. The van der Waals surface area contributed by atoms with Gasteiger partial charge in [-0.3, -0.25) is 4.79 Å². The zero-order chi connectivity index (χ0) is 15.5. The predicted octanol–water partition coefficient (Wildman–Crippen LogP) is -2.41. The molecule has 0 aliphatic carbocycles. The highest BCUT2D eigenvalue weighted by molar-refractivity contribution is 5.90. The van der Waals surface area contributed by atoms with Crippen LogP contribution >= 0.6 is 0 Å². The van der Waals surface area contributed by atoms with Crippen LogP contribution in [0.1, 0.15) is 19.8 Å². The molecule has 22 heavy (non-hydrogen) atoms. The largest absolute Gasteiger partial charge is 0.550 e. The summed E-state index contributed by atoms with van der Waals surface area (Å²) in [5.74, 6) is -2.67. The number of carbonyl (C=O) groups excluding carboxylic acids is 2. The SMILES string of the molecule is CC[NH+]1CCC[C@H]1CN1C[C@@]23C=C[C@H](O2)[C@H](C(=O)[O-])[C@@H]3C1=O. The van der Waals surface area contributed by atoms with Crippen molar-refractivity contribution in [2.75, 3.05) is 26.2 Å². The van der Waals surface area contributed by atoms with Gasteiger partial charge in [-0.2, -0.15) is 0 Å². The molecule has 0 aromatic carbocycles. The van der Waals surface area contributed by atoms with Crippen LogP contribution in [0.2, 0.25) is 0 Å². The standard InChI is InChI=1S/C16H22N2O4/c1-2-17-7-3-4-10(17)8-18-9-16-6-5-11(22-16)12(15(20)21)13(16)14(18)19/h5-6,10-13H,2-4,7-9H2,1H3,(H,20,21)/t10-,11-,12-,13+,16+/m0/s1. The van der Waals surface area contributed by atoms with Gasteiger partial charge in [0.15, 0.2) is 0 Å². The molecule has 6 nitrogen and oxygen atoms in total. The van der Waals surface area contributed by atoms with Crippen molar-refractivity contribution in [2.24, 2.45) is 11.8 Å². The normalized spacial score (nSPS) is 45.8. The highest BCUT2D eigenvalue weighted by Gasteiger charge is 2.65. The Morgan fingerprint density at radius 2 is 2.41 bits per heavy atom. The lowest BCUT2D eigenvalue weighted by Gasteiger charge is -2.27. The highest BCUT2D eigenvalue weighted by atomic mass is 16.5. The van der Waals surface area contributed by atoms with Crippen LogP contribution in [0.15, 0.2) is 12.2 Å². The Kier molecular flexibility index (Phi) is 3.10. The molecule has 1 N–H and O–H groups in total. The van der Waals surface area contributed by atoms with Crippen molar-refractivity contribution in [3.05, 3.63) is 12.2 Å². The van der Waals surface area contributed by atoms with Crippen LogP contribution in [0.3, 0.4) is 0 Å². The monoisotopic (exact) mass is 306 g/mol. The maximum absolute atomic E-state index is 12.8. The second-order valence-corrected chi connectivity index (χ2v) is 7.04. The summed E-state index contributed by atoms with van der Waals surface area (Å²) >= 11 is 0. The van der Waals surface area contributed by atoms with E-state index in [1.807, 2.05) is 11.0 Å². The first-order valence-corrected chi connectivity index (χ1v) is 8.27. The smallest absolute Gasteiger partial charge is 0.230 e. The summed E-state index contributed by atoms with van der Waals surface area (Å²) < 4.78 is 5.87. The summed E-state index contributed by atoms with van der Waals surface area (Å²) in [5, 5.41) is 11.4. The van der Waals surface area contributed by atoms with E-state index in [9.17, 15) is 14.7 Å². The van der Waals surface area contributed by atoms with Crippen molar-refractivity contribution in [1.82, 2.24) is 4.90 Å². The van der Waals surface area contributed by atoms with E-state index in [2.05, 4.69) is 6.92 Å². The minimum absolute atomic E-state index is 0.0663. The molecule has 0 aromatic rings. The number of quaternary nitrogens is 1. The lowest BCUT2D eigenvalue weighted by molar-refractivity contribution is -0.909. The number of rotatable bonds is 4. The first kappa shape index (κ1) is 14.2. The van der Waals surface area contributed by atoms with Crippen molar-refractivity contribution in [2.45, 2.75) is 37.5 Å². The number of amides is 1. The maximum Gasteiger partial charge on any atom is 0.230 e. The lowest BCUT2D eigenvalue weighted by Crippen LogP contribution is -3.14. The zero-order valence-electron chi connectivity index (χ0n) is 12.8. The minimum Gasteiger partial charge on any atom is -0.550 e. The van der Waals surface area contributed by atoms with E-state index < -0.39 is 29.5 Å². The van der Waals surface area contributed by atoms with E-state index in [1.54, 1.807) is 11.0 Å². The summed E-state index contributed by atoms with van der Waals surface area (Å²) in [4.78, 5) is 27.6. The number of carbonyl (C=O) groups is 2. The maximum atomic E-state index is 12.8. The van der Waals surface area contributed by atoms with Crippen LogP contribution in [-0.4, -0.2) is 60.7 Å². The molecule has 0 saturated carbocycles. The van der Waals surface area contributed by atoms with Gasteiger partial charge in [-0.05, 0) is 6.92 Å². The molecular weight excluding hydrogens is 284 g/mol. The van der Waals surface area contributed by atoms with E-state index in [-0.39, 0.29) is 5.91 Å². The molecule has 1 unspecified atom stereocenters. The fraction of sp³-hybridized carbons (Fsp3) is 0.750. The second-order valence-electron chi connectivity index (χ2n) is 7.04. The van der Waals surface area contributed by atoms with Gasteiger partial charge in [0.1, 0.15) is 11.6 Å². The van der Waals surface area contributed by atoms with Crippen molar-refractivity contribution >= 4 is 11.9 Å². The number of likely N-dealkylation sites (tertiary alicyclic amines) is 2. The average molecular weight is 306 g/mol. The topological polar surface area (TPSA) is 74.1 Å². The molecule has 2 bridgehead atoms. The summed E-state index contributed by atoms with van der Waals surface area (Å²) in [5.41, 5.74) is -0.725. The molecule has 4 aliphatic heterocycles. The molecule has 6 heteroatoms. The van der Waals surface area contributed by atoms with Crippen LogP contribution in [0, 0.1) is 11.8 Å². The Morgan fingerprint density at radius 3 is 3.14 bits per heavy atom. The minimum atomic E-state index is -1.17. The zero-order valence-corrected chi connectivity index (χ0v) is 12.8. The molecule has 120 valence electrons. The van der Waals surface area contributed by atoms with Crippen molar-refractivity contribution in [3.8, 4) is 0 Å². The molecule has 6 atom stereocenters. The van der Waals surface area contributed by atoms with Gasteiger partial charge in [-0.15, -0.1) is 0 Å². The summed E-state index contributed by atoms with van der Waals surface area (Å²) in [6, 6.07) is 0.465.